The first kappa shape index (κ1) is 23.3. The average molecular weight is 504 g/mol. The van der Waals surface area contributed by atoms with Crippen LogP contribution in [0.15, 0.2) is 60.9 Å². The van der Waals surface area contributed by atoms with Crippen molar-refractivity contribution >= 4 is 28.5 Å². The number of aromatic amines is 1. The molecule has 2 aromatic carbocycles. The van der Waals surface area contributed by atoms with Gasteiger partial charge >= 0.3 is 0 Å². The third-order valence-electron chi connectivity index (χ3n) is 7.08. The van der Waals surface area contributed by atoms with E-state index in [4.69, 9.17) is 21.1 Å². The third-order valence-corrected chi connectivity index (χ3v) is 7.32. The fourth-order valence-electron chi connectivity index (χ4n) is 5.31. The highest BCUT2D eigenvalue weighted by atomic mass is 35.5. The van der Waals surface area contributed by atoms with Crippen molar-refractivity contribution in [2.24, 2.45) is 0 Å². The normalized spacial score (nSPS) is 18.4. The lowest BCUT2D eigenvalue weighted by molar-refractivity contribution is 0.0358. The molecule has 0 saturated carbocycles. The van der Waals surface area contributed by atoms with Gasteiger partial charge in [-0.25, -0.2) is 9.97 Å². The molecule has 0 radical (unpaired) electrons. The number of H-pyrrole nitrogens is 1. The summed E-state index contributed by atoms with van der Waals surface area (Å²) < 4.78 is 11.5. The molecule has 1 saturated heterocycles. The van der Waals surface area contributed by atoms with Crippen LogP contribution >= 0.6 is 11.6 Å². The van der Waals surface area contributed by atoms with Crippen molar-refractivity contribution in [1.82, 2.24) is 19.9 Å². The maximum atomic E-state index is 6.34. The van der Waals surface area contributed by atoms with Crippen molar-refractivity contribution in [3.05, 3.63) is 82.8 Å². The van der Waals surface area contributed by atoms with Crippen molar-refractivity contribution in [2.45, 2.75) is 18.9 Å². The van der Waals surface area contributed by atoms with Gasteiger partial charge in [-0.3, -0.25) is 4.90 Å². The number of hydrogen-bond donors (Lipinski definition) is 1. The molecule has 1 atom stereocenters. The van der Waals surface area contributed by atoms with Gasteiger partial charge in [0.25, 0.3) is 0 Å². The van der Waals surface area contributed by atoms with Gasteiger partial charge in [0.1, 0.15) is 5.75 Å². The van der Waals surface area contributed by atoms with Crippen molar-refractivity contribution in [3.63, 3.8) is 0 Å². The molecule has 4 aromatic rings. The molecule has 0 aliphatic carbocycles. The summed E-state index contributed by atoms with van der Waals surface area (Å²) in [6.45, 7) is 6.26. The number of fused-ring (bicyclic) bond motifs is 3. The minimum Gasteiger partial charge on any atom is -0.494 e. The lowest BCUT2D eigenvalue weighted by Crippen LogP contribution is -2.37. The van der Waals surface area contributed by atoms with Crippen LogP contribution in [0.1, 0.15) is 29.3 Å². The zero-order valence-electron chi connectivity index (χ0n) is 20.2. The first-order chi connectivity index (χ1) is 17.8. The number of nitrogens with one attached hydrogen (secondary N) is 1. The van der Waals surface area contributed by atoms with Gasteiger partial charge in [0.15, 0.2) is 0 Å². The number of anilines is 1. The van der Waals surface area contributed by atoms with Crippen molar-refractivity contribution in [3.8, 4) is 5.75 Å². The van der Waals surface area contributed by atoms with Crippen LogP contribution in [-0.2, 0) is 11.2 Å². The lowest BCUT2D eigenvalue weighted by atomic mass is 9.92. The molecule has 1 fully saturated rings. The highest BCUT2D eigenvalue weighted by molar-refractivity contribution is 6.31. The molecule has 2 aliphatic rings. The molecule has 0 amide bonds. The smallest absolute Gasteiger partial charge is 0.226 e. The summed E-state index contributed by atoms with van der Waals surface area (Å²) >= 11 is 6.34. The Kier molecular flexibility index (Phi) is 6.77. The van der Waals surface area contributed by atoms with Gasteiger partial charge in [0.05, 0.1) is 25.9 Å². The number of halogens is 1. The van der Waals surface area contributed by atoms with E-state index in [0.29, 0.717) is 6.61 Å². The molecule has 8 heteroatoms. The number of rotatable bonds is 7. The Morgan fingerprint density at radius 1 is 1.03 bits per heavy atom. The number of aromatic nitrogens is 3. The zero-order valence-corrected chi connectivity index (χ0v) is 21.0. The van der Waals surface area contributed by atoms with Crippen LogP contribution in [0, 0.1) is 0 Å². The molecule has 2 aromatic heterocycles. The lowest BCUT2D eigenvalue weighted by Gasteiger charge is -2.36. The van der Waals surface area contributed by atoms with E-state index in [2.05, 4.69) is 61.1 Å². The molecule has 2 aliphatic heterocycles. The summed E-state index contributed by atoms with van der Waals surface area (Å²) in [4.78, 5) is 17.5. The predicted molar refractivity (Wildman–Crippen MR) is 142 cm³/mol. The van der Waals surface area contributed by atoms with Crippen LogP contribution in [0.5, 0.6) is 5.75 Å². The molecular weight excluding hydrogens is 474 g/mol. The van der Waals surface area contributed by atoms with E-state index in [9.17, 15) is 0 Å². The SMILES string of the molecule is Clc1ccc2[nH]c3c(c2c1)CCN(c1ncccn1)C3c1ccc(OCCCN2CCOCC2)cc1. The van der Waals surface area contributed by atoms with Gasteiger partial charge in [0.2, 0.25) is 5.95 Å². The van der Waals surface area contributed by atoms with Gasteiger partial charge in [0, 0.05) is 60.2 Å². The van der Waals surface area contributed by atoms with E-state index in [-0.39, 0.29) is 6.04 Å². The van der Waals surface area contributed by atoms with Crippen molar-refractivity contribution in [2.75, 3.05) is 50.9 Å². The van der Waals surface area contributed by atoms with Gasteiger partial charge in [-0.1, -0.05) is 23.7 Å². The summed E-state index contributed by atoms with van der Waals surface area (Å²) in [7, 11) is 0. The van der Waals surface area contributed by atoms with Crippen LogP contribution < -0.4 is 9.64 Å². The fourth-order valence-corrected chi connectivity index (χ4v) is 5.48. The Balaban J connectivity index is 1.24. The second-order valence-electron chi connectivity index (χ2n) is 9.33. The zero-order chi connectivity index (χ0) is 24.3. The molecule has 7 nitrogen and oxygen atoms in total. The maximum absolute atomic E-state index is 6.34. The van der Waals surface area contributed by atoms with E-state index < -0.39 is 0 Å². The Morgan fingerprint density at radius 2 is 1.83 bits per heavy atom. The van der Waals surface area contributed by atoms with Gasteiger partial charge in [-0.05, 0) is 60.4 Å². The maximum Gasteiger partial charge on any atom is 0.226 e. The Labute approximate surface area is 216 Å². The average Bonchev–Trinajstić information content (AvgIpc) is 3.30. The highest BCUT2D eigenvalue weighted by Crippen LogP contribution is 2.40. The van der Waals surface area contributed by atoms with Crippen LogP contribution in [0.3, 0.4) is 0 Å². The number of nitrogens with zero attached hydrogens (tertiary/aromatic N) is 4. The second kappa shape index (κ2) is 10.5. The monoisotopic (exact) mass is 503 g/mol. The first-order valence-electron chi connectivity index (χ1n) is 12.6. The van der Waals surface area contributed by atoms with Crippen LogP contribution in [0.2, 0.25) is 5.02 Å². The largest absolute Gasteiger partial charge is 0.494 e. The minimum atomic E-state index is -0.0299. The summed E-state index contributed by atoms with van der Waals surface area (Å²) in [5.41, 5.74) is 4.76. The number of morpholine rings is 1. The third kappa shape index (κ3) is 4.78. The molecule has 1 unspecified atom stereocenters. The summed E-state index contributed by atoms with van der Waals surface area (Å²) in [6.07, 6.45) is 5.50. The summed E-state index contributed by atoms with van der Waals surface area (Å²) in [5.74, 6) is 1.62. The number of hydrogen-bond acceptors (Lipinski definition) is 6. The van der Waals surface area contributed by atoms with Crippen LogP contribution in [-0.4, -0.2) is 65.9 Å². The van der Waals surface area contributed by atoms with E-state index in [1.165, 1.54) is 22.2 Å². The van der Waals surface area contributed by atoms with E-state index in [1.807, 2.05) is 12.1 Å². The molecule has 4 heterocycles. The van der Waals surface area contributed by atoms with Gasteiger partial charge in [-0.2, -0.15) is 0 Å². The number of benzene rings is 2. The topological polar surface area (TPSA) is 66.5 Å². The van der Waals surface area contributed by atoms with Crippen LogP contribution in [0.25, 0.3) is 10.9 Å². The van der Waals surface area contributed by atoms with E-state index in [0.717, 1.165) is 74.5 Å². The van der Waals surface area contributed by atoms with Gasteiger partial charge < -0.3 is 19.4 Å². The van der Waals surface area contributed by atoms with Gasteiger partial charge in [-0.15, -0.1) is 0 Å². The molecule has 0 bridgehead atoms. The molecular formula is C28H30ClN5O2. The van der Waals surface area contributed by atoms with Crippen molar-refractivity contribution < 1.29 is 9.47 Å². The standard InChI is InChI=1S/C28H30ClN5O2/c29-21-5-8-25-24(19-21)23-9-13-34(28-30-10-1-11-31-28)27(26(23)32-25)20-3-6-22(7-4-20)36-16-2-12-33-14-17-35-18-15-33/h1,3-8,10-11,19,27,32H,2,9,12-18H2. The quantitative estimate of drug-likeness (QED) is 0.363. The summed E-state index contributed by atoms with van der Waals surface area (Å²) in [5, 5.41) is 1.95. The van der Waals surface area contributed by atoms with E-state index in [1.54, 1.807) is 12.4 Å². The molecule has 0 spiro atoms. The second-order valence-corrected chi connectivity index (χ2v) is 9.76. The molecule has 1 N–H and O–H groups in total. The Hall–Kier alpha value is -3.13. The van der Waals surface area contributed by atoms with E-state index >= 15 is 0 Å². The van der Waals surface area contributed by atoms with Crippen molar-refractivity contribution in [1.29, 1.82) is 0 Å². The number of ether oxygens (including phenoxy) is 2. The molecule has 186 valence electrons. The minimum absolute atomic E-state index is 0.0299. The fraction of sp³-hybridized carbons (Fsp3) is 0.357. The molecule has 6 rings (SSSR count). The summed E-state index contributed by atoms with van der Waals surface area (Å²) in [6, 6.07) is 16.3. The highest BCUT2D eigenvalue weighted by Gasteiger charge is 2.33. The Morgan fingerprint density at radius 3 is 2.64 bits per heavy atom. The van der Waals surface area contributed by atoms with Crippen LogP contribution in [0.4, 0.5) is 5.95 Å². The predicted octanol–water partition coefficient (Wildman–Crippen LogP) is 4.86. The first-order valence-corrected chi connectivity index (χ1v) is 13.0. The Bertz CT molecular complexity index is 1310. The molecule has 36 heavy (non-hydrogen) atoms.